The first-order chi connectivity index (χ1) is 12.2. The van der Waals surface area contributed by atoms with E-state index in [1.54, 1.807) is 4.68 Å². The molecule has 0 spiro atoms. The van der Waals surface area contributed by atoms with Gasteiger partial charge in [0.05, 0.1) is 12.1 Å². The van der Waals surface area contributed by atoms with E-state index in [2.05, 4.69) is 10.4 Å². The third-order valence-corrected chi connectivity index (χ3v) is 4.45. The van der Waals surface area contributed by atoms with E-state index in [0.717, 1.165) is 29.3 Å². The Morgan fingerprint density at radius 1 is 1.20 bits per heavy atom. The molecule has 0 radical (unpaired) electrons. The summed E-state index contributed by atoms with van der Waals surface area (Å²) in [6.07, 6.45) is 2.24. The number of aromatic nitrogens is 2. The fraction of sp³-hybridized carbons (Fsp3) is 0.263. The highest BCUT2D eigenvalue weighted by Gasteiger charge is 2.28. The van der Waals surface area contributed by atoms with E-state index >= 15 is 0 Å². The Hall–Kier alpha value is -2.76. The number of fused-ring (bicyclic) bond motifs is 1. The van der Waals surface area contributed by atoms with Gasteiger partial charge in [-0.2, -0.15) is 5.10 Å². The molecule has 4 rings (SSSR count). The van der Waals surface area contributed by atoms with Gasteiger partial charge < -0.3 is 5.32 Å². The number of rotatable bonds is 5. The molecule has 0 bridgehead atoms. The van der Waals surface area contributed by atoms with Crippen LogP contribution in [-0.4, -0.2) is 22.4 Å². The van der Waals surface area contributed by atoms with Crippen LogP contribution >= 0.6 is 0 Å². The molecule has 25 heavy (non-hydrogen) atoms. The minimum atomic E-state index is -0.527. The normalized spacial score (nSPS) is 14.0. The van der Waals surface area contributed by atoms with Gasteiger partial charge in [0, 0.05) is 10.9 Å². The van der Waals surface area contributed by atoms with Gasteiger partial charge in [-0.05, 0) is 54.7 Å². The summed E-state index contributed by atoms with van der Waals surface area (Å²) in [7, 11) is 0. The summed E-state index contributed by atoms with van der Waals surface area (Å²) in [6.45, 7) is -0.381. The number of alkyl halides is 1. The van der Waals surface area contributed by atoms with Crippen LogP contribution in [0.3, 0.4) is 0 Å². The monoisotopic (exact) mass is 341 g/mol. The van der Waals surface area contributed by atoms with Crippen LogP contribution in [-0.2, 0) is 6.54 Å². The van der Waals surface area contributed by atoms with E-state index in [9.17, 15) is 13.6 Å². The summed E-state index contributed by atoms with van der Waals surface area (Å²) in [6, 6.07) is 11.2. The van der Waals surface area contributed by atoms with Crippen molar-refractivity contribution in [2.45, 2.75) is 25.3 Å². The van der Waals surface area contributed by atoms with E-state index in [-0.39, 0.29) is 12.5 Å². The molecule has 1 aliphatic carbocycles. The van der Waals surface area contributed by atoms with Gasteiger partial charge in [0.2, 0.25) is 0 Å². The van der Waals surface area contributed by atoms with E-state index in [0.29, 0.717) is 17.3 Å². The van der Waals surface area contributed by atoms with Gasteiger partial charge >= 0.3 is 0 Å². The number of nitrogens with zero attached hydrogens (tertiary/aromatic N) is 2. The lowest BCUT2D eigenvalue weighted by Crippen LogP contribution is -2.13. The minimum absolute atomic E-state index is 0.145. The van der Waals surface area contributed by atoms with Gasteiger partial charge in [-0.3, -0.25) is 9.48 Å². The summed E-state index contributed by atoms with van der Waals surface area (Å²) in [5.74, 6) is 0.117. The molecule has 1 fully saturated rings. The van der Waals surface area contributed by atoms with Gasteiger partial charge in [0.15, 0.2) is 5.82 Å². The molecule has 2 aromatic carbocycles. The number of nitrogens with one attached hydrogen (secondary N) is 1. The highest BCUT2D eigenvalue weighted by molar-refractivity contribution is 6.08. The zero-order valence-electron chi connectivity index (χ0n) is 13.5. The molecule has 1 heterocycles. The number of para-hydroxylation sites is 1. The Labute approximate surface area is 143 Å². The number of anilines is 1. The number of hydrogen-bond donors (Lipinski definition) is 1. The van der Waals surface area contributed by atoms with Gasteiger partial charge in [-0.15, -0.1) is 0 Å². The van der Waals surface area contributed by atoms with Crippen LogP contribution in [0.15, 0.2) is 42.5 Å². The molecule has 1 amide bonds. The third kappa shape index (κ3) is 2.99. The van der Waals surface area contributed by atoms with Crippen LogP contribution in [0.1, 0.15) is 34.7 Å². The van der Waals surface area contributed by atoms with Crippen molar-refractivity contribution in [2.24, 2.45) is 0 Å². The molecule has 128 valence electrons. The molecule has 0 unspecified atom stereocenters. The minimum Gasteiger partial charge on any atom is -0.305 e. The van der Waals surface area contributed by atoms with Crippen molar-refractivity contribution in [3.05, 3.63) is 59.4 Å². The zero-order chi connectivity index (χ0) is 17.4. The zero-order valence-corrected chi connectivity index (χ0v) is 13.5. The molecule has 1 saturated carbocycles. The largest absolute Gasteiger partial charge is 0.305 e. The van der Waals surface area contributed by atoms with Gasteiger partial charge in [0.25, 0.3) is 5.91 Å². The average molecular weight is 341 g/mol. The number of hydrogen-bond acceptors (Lipinski definition) is 2. The molecule has 3 aromatic rings. The maximum absolute atomic E-state index is 13.0. The molecule has 0 saturated heterocycles. The van der Waals surface area contributed by atoms with Crippen LogP contribution < -0.4 is 5.32 Å². The summed E-state index contributed by atoms with van der Waals surface area (Å²) < 4.78 is 27.6. The lowest BCUT2D eigenvalue weighted by atomic mass is 10.1. The number of carbonyl (C=O) groups excluding carboxylic acids is 1. The van der Waals surface area contributed by atoms with E-state index in [1.165, 1.54) is 24.3 Å². The van der Waals surface area contributed by atoms with Crippen molar-refractivity contribution < 1.29 is 13.6 Å². The van der Waals surface area contributed by atoms with E-state index in [1.807, 2.05) is 18.2 Å². The van der Waals surface area contributed by atoms with E-state index in [4.69, 9.17) is 0 Å². The molecule has 0 aliphatic heterocycles. The molecular weight excluding hydrogens is 324 g/mol. The Morgan fingerprint density at radius 2 is 1.96 bits per heavy atom. The van der Waals surface area contributed by atoms with Crippen LogP contribution in [0.25, 0.3) is 10.9 Å². The Bertz CT molecular complexity index is 930. The SMILES string of the molecule is O=C(Nc1nn(CCF)c2c(C3CC3)cccc12)c1ccc(F)cc1. The molecule has 4 nitrogen and oxygen atoms in total. The molecule has 0 atom stereocenters. The molecule has 1 N–H and O–H groups in total. The van der Waals surface area contributed by atoms with Crippen molar-refractivity contribution in [2.75, 3.05) is 12.0 Å². The predicted molar refractivity (Wildman–Crippen MR) is 92.0 cm³/mol. The van der Waals surface area contributed by atoms with Crippen molar-refractivity contribution in [3.63, 3.8) is 0 Å². The standard InChI is InChI=1S/C19H17F2N3O/c20-10-11-24-17-15(12-4-5-12)2-1-3-16(17)18(23-24)22-19(25)13-6-8-14(21)9-7-13/h1-3,6-9,12H,4-5,10-11H2,(H,22,23,25). The first kappa shape index (κ1) is 15.7. The Morgan fingerprint density at radius 3 is 2.64 bits per heavy atom. The first-order valence-electron chi connectivity index (χ1n) is 8.29. The van der Waals surface area contributed by atoms with Crippen LogP contribution in [0.4, 0.5) is 14.6 Å². The molecule has 1 aliphatic rings. The quantitative estimate of drug-likeness (QED) is 0.753. The lowest BCUT2D eigenvalue weighted by molar-refractivity contribution is 0.102. The van der Waals surface area contributed by atoms with Gasteiger partial charge in [0.1, 0.15) is 12.5 Å². The first-order valence-corrected chi connectivity index (χ1v) is 8.29. The smallest absolute Gasteiger partial charge is 0.256 e. The second-order valence-corrected chi connectivity index (χ2v) is 6.24. The summed E-state index contributed by atoms with van der Waals surface area (Å²) in [4.78, 5) is 12.4. The highest BCUT2D eigenvalue weighted by Crippen LogP contribution is 2.44. The number of amides is 1. The van der Waals surface area contributed by atoms with Crippen molar-refractivity contribution in [1.29, 1.82) is 0 Å². The maximum Gasteiger partial charge on any atom is 0.256 e. The second-order valence-electron chi connectivity index (χ2n) is 6.24. The maximum atomic E-state index is 13.0. The molecule has 1 aromatic heterocycles. The van der Waals surface area contributed by atoms with Crippen molar-refractivity contribution in [3.8, 4) is 0 Å². The van der Waals surface area contributed by atoms with Crippen LogP contribution in [0.5, 0.6) is 0 Å². The van der Waals surface area contributed by atoms with Gasteiger partial charge in [-0.25, -0.2) is 8.78 Å². The Kier molecular flexibility index (Phi) is 3.95. The summed E-state index contributed by atoms with van der Waals surface area (Å²) in [5, 5.41) is 7.97. The number of halogens is 2. The van der Waals surface area contributed by atoms with Crippen LogP contribution in [0, 0.1) is 5.82 Å². The number of benzene rings is 2. The fourth-order valence-corrected chi connectivity index (χ4v) is 3.10. The lowest BCUT2D eigenvalue weighted by Gasteiger charge is -2.05. The van der Waals surface area contributed by atoms with Crippen LogP contribution in [0.2, 0.25) is 0 Å². The number of carbonyl (C=O) groups is 1. The van der Waals surface area contributed by atoms with Crippen molar-refractivity contribution in [1.82, 2.24) is 9.78 Å². The summed E-state index contributed by atoms with van der Waals surface area (Å²) >= 11 is 0. The van der Waals surface area contributed by atoms with Gasteiger partial charge in [-0.1, -0.05) is 12.1 Å². The molecule has 6 heteroatoms. The average Bonchev–Trinajstić information content (AvgIpc) is 3.40. The second kappa shape index (κ2) is 6.27. The topological polar surface area (TPSA) is 46.9 Å². The number of aryl methyl sites for hydroxylation is 1. The highest BCUT2D eigenvalue weighted by atomic mass is 19.1. The van der Waals surface area contributed by atoms with E-state index < -0.39 is 12.5 Å². The predicted octanol–water partition coefficient (Wildman–Crippen LogP) is 4.27. The Balaban J connectivity index is 1.73. The third-order valence-electron chi connectivity index (χ3n) is 4.45. The molecular formula is C19H17F2N3O. The fourth-order valence-electron chi connectivity index (χ4n) is 3.10. The summed E-state index contributed by atoms with van der Waals surface area (Å²) in [5.41, 5.74) is 2.38. The van der Waals surface area contributed by atoms with Crippen molar-refractivity contribution >= 4 is 22.6 Å².